The van der Waals surface area contributed by atoms with Gasteiger partial charge in [0.15, 0.2) is 0 Å². The van der Waals surface area contributed by atoms with Gasteiger partial charge in [0.05, 0.1) is 0 Å². The summed E-state index contributed by atoms with van der Waals surface area (Å²) in [7, 11) is 0. The first-order chi connectivity index (χ1) is 9.06. The molecule has 1 heterocycles. The maximum Gasteiger partial charge on any atom is 0.252 e. The van der Waals surface area contributed by atoms with Crippen LogP contribution in [0.15, 0.2) is 35.1 Å². The van der Waals surface area contributed by atoms with E-state index >= 15 is 0 Å². The van der Waals surface area contributed by atoms with Crippen molar-refractivity contribution in [2.24, 2.45) is 0 Å². The molecule has 4 nitrogen and oxygen atoms in total. The van der Waals surface area contributed by atoms with E-state index in [4.69, 9.17) is 0 Å². The zero-order valence-corrected chi connectivity index (χ0v) is 10.9. The fourth-order valence-corrected chi connectivity index (χ4v) is 1.67. The van der Waals surface area contributed by atoms with Crippen LogP contribution in [0, 0.1) is 5.82 Å². The number of hydrogen-bond acceptors (Lipinski definition) is 3. The molecule has 0 bridgehead atoms. The molecule has 0 radical (unpaired) electrons. The fourth-order valence-electron chi connectivity index (χ4n) is 1.67. The second-order valence-corrected chi connectivity index (χ2v) is 4.62. The van der Waals surface area contributed by atoms with Crippen LogP contribution in [0.1, 0.15) is 31.2 Å². The molecule has 0 aliphatic rings. The van der Waals surface area contributed by atoms with E-state index < -0.39 is 0 Å². The van der Waals surface area contributed by atoms with Crippen LogP contribution in [0.3, 0.4) is 0 Å². The van der Waals surface area contributed by atoms with Crippen LogP contribution in [0.2, 0.25) is 0 Å². The van der Waals surface area contributed by atoms with E-state index in [1.807, 2.05) is 13.8 Å². The normalized spacial score (nSPS) is 10.7. The van der Waals surface area contributed by atoms with Gasteiger partial charge in [0.2, 0.25) is 0 Å². The minimum Gasteiger partial charge on any atom is -0.366 e. The van der Waals surface area contributed by atoms with E-state index in [1.54, 1.807) is 18.2 Å². The first kappa shape index (κ1) is 13.3. The highest BCUT2D eigenvalue weighted by molar-refractivity contribution is 5.35. The first-order valence-corrected chi connectivity index (χ1v) is 6.15. The average molecular weight is 261 g/mol. The van der Waals surface area contributed by atoms with Crippen molar-refractivity contribution in [1.29, 1.82) is 0 Å². The van der Waals surface area contributed by atoms with Gasteiger partial charge in [-0.05, 0) is 6.07 Å². The molecule has 0 spiro atoms. The lowest BCUT2D eigenvalue weighted by atomic mass is 10.2. The molecule has 1 aromatic heterocycles. The van der Waals surface area contributed by atoms with E-state index in [0.29, 0.717) is 23.8 Å². The number of nitrogens with one attached hydrogen (secondary N) is 2. The van der Waals surface area contributed by atoms with Gasteiger partial charge in [-0.3, -0.25) is 4.79 Å². The van der Waals surface area contributed by atoms with Gasteiger partial charge in [-0.15, -0.1) is 0 Å². The third kappa shape index (κ3) is 3.40. The Morgan fingerprint density at radius 3 is 2.79 bits per heavy atom. The second kappa shape index (κ2) is 5.65. The van der Waals surface area contributed by atoms with Crippen molar-refractivity contribution >= 4 is 5.82 Å². The lowest BCUT2D eigenvalue weighted by molar-refractivity contribution is 0.612. The molecule has 1 aromatic carbocycles. The summed E-state index contributed by atoms with van der Waals surface area (Å²) in [6.45, 7) is 4.18. The van der Waals surface area contributed by atoms with Crippen LogP contribution < -0.4 is 10.9 Å². The molecule has 0 aliphatic carbocycles. The number of rotatable bonds is 4. The quantitative estimate of drug-likeness (QED) is 0.889. The predicted octanol–water partition coefficient (Wildman–Crippen LogP) is 2.64. The number of hydrogen-bond donors (Lipinski definition) is 2. The molecule has 2 N–H and O–H groups in total. The highest BCUT2D eigenvalue weighted by Gasteiger charge is 2.06. The molecule has 2 rings (SSSR count). The zero-order valence-electron chi connectivity index (χ0n) is 10.9. The summed E-state index contributed by atoms with van der Waals surface area (Å²) in [5.74, 6) is 0.922. The maximum atomic E-state index is 13.5. The summed E-state index contributed by atoms with van der Waals surface area (Å²) < 4.78 is 13.5. The lowest BCUT2D eigenvalue weighted by Gasteiger charge is -2.09. The molecule has 2 aromatic rings. The number of nitrogens with zero attached hydrogens (tertiary/aromatic N) is 1. The Bertz CT molecular complexity index is 622. The summed E-state index contributed by atoms with van der Waals surface area (Å²) >= 11 is 0. The van der Waals surface area contributed by atoms with E-state index in [9.17, 15) is 9.18 Å². The smallest absolute Gasteiger partial charge is 0.252 e. The molecule has 0 saturated carbocycles. The van der Waals surface area contributed by atoms with Crippen molar-refractivity contribution in [1.82, 2.24) is 9.97 Å². The van der Waals surface area contributed by atoms with E-state index in [0.717, 1.165) is 0 Å². The van der Waals surface area contributed by atoms with Crippen LogP contribution in [0.25, 0.3) is 0 Å². The van der Waals surface area contributed by atoms with Gasteiger partial charge >= 0.3 is 0 Å². The van der Waals surface area contributed by atoms with E-state index in [-0.39, 0.29) is 17.3 Å². The standard InChI is InChI=1S/C14H16FN3O/c1-9(2)14-17-12(7-13(19)18-14)16-8-10-5-3-4-6-11(10)15/h3-7,9H,8H2,1-2H3,(H2,16,17,18,19). The van der Waals surface area contributed by atoms with Crippen LogP contribution in [0.4, 0.5) is 10.2 Å². The predicted molar refractivity (Wildman–Crippen MR) is 72.7 cm³/mol. The molecule has 0 unspecified atom stereocenters. The van der Waals surface area contributed by atoms with Crippen molar-refractivity contribution in [2.75, 3.05) is 5.32 Å². The van der Waals surface area contributed by atoms with Gasteiger partial charge in [-0.25, -0.2) is 9.37 Å². The van der Waals surface area contributed by atoms with Gasteiger partial charge in [0.1, 0.15) is 17.5 Å². The number of anilines is 1. The molecule has 19 heavy (non-hydrogen) atoms. The van der Waals surface area contributed by atoms with Crippen LogP contribution in [-0.4, -0.2) is 9.97 Å². The molecule has 0 atom stereocenters. The van der Waals surface area contributed by atoms with Gasteiger partial charge < -0.3 is 10.3 Å². The molecule has 0 saturated heterocycles. The van der Waals surface area contributed by atoms with Crippen LogP contribution >= 0.6 is 0 Å². The Kier molecular flexibility index (Phi) is 3.94. The average Bonchev–Trinajstić information content (AvgIpc) is 2.37. The highest BCUT2D eigenvalue weighted by atomic mass is 19.1. The summed E-state index contributed by atoms with van der Waals surface area (Å²) in [6.07, 6.45) is 0. The van der Waals surface area contributed by atoms with Crippen molar-refractivity contribution in [3.8, 4) is 0 Å². The Labute approximate surface area is 110 Å². The third-order valence-corrected chi connectivity index (χ3v) is 2.72. The minimum atomic E-state index is -0.274. The van der Waals surface area contributed by atoms with Gasteiger partial charge in [0, 0.05) is 24.1 Å². The fraction of sp³-hybridized carbons (Fsp3) is 0.286. The monoisotopic (exact) mass is 261 g/mol. The van der Waals surface area contributed by atoms with E-state index in [1.165, 1.54) is 12.1 Å². The highest BCUT2D eigenvalue weighted by Crippen LogP contribution is 2.11. The molecule has 0 aliphatic heterocycles. The zero-order chi connectivity index (χ0) is 13.8. The Morgan fingerprint density at radius 2 is 2.11 bits per heavy atom. The lowest BCUT2D eigenvalue weighted by Crippen LogP contribution is -2.14. The van der Waals surface area contributed by atoms with Gasteiger partial charge in [-0.2, -0.15) is 0 Å². The number of aromatic nitrogens is 2. The van der Waals surface area contributed by atoms with Crippen molar-refractivity contribution in [3.05, 3.63) is 57.9 Å². The maximum absolute atomic E-state index is 13.5. The third-order valence-electron chi connectivity index (χ3n) is 2.72. The molecule has 0 amide bonds. The molecular weight excluding hydrogens is 245 g/mol. The largest absolute Gasteiger partial charge is 0.366 e. The van der Waals surface area contributed by atoms with E-state index in [2.05, 4.69) is 15.3 Å². The molecule has 5 heteroatoms. The number of halogens is 1. The first-order valence-electron chi connectivity index (χ1n) is 6.15. The Morgan fingerprint density at radius 1 is 1.37 bits per heavy atom. The second-order valence-electron chi connectivity index (χ2n) is 4.62. The molecule has 0 fully saturated rings. The van der Waals surface area contributed by atoms with Crippen LogP contribution in [0.5, 0.6) is 0 Å². The number of aromatic amines is 1. The summed E-state index contributed by atoms with van der Waals surface area (Å²) in [5.41, 5.74) is 0.324. The van der Waals surface area contributed by atoms with Crippen molar-refractivity contribution < 1.29 is 4.39 Å². The van der Waals surface area contributed by atoms with Gasteiger partial charge in [-0.1, -0.05) is 32.0 Å². The topological polar surface area (TPSA) is 57.8 Å². The molecular formula is C14H16FN3O. The van der Waals surface area contributed by atoms with Gasteiger partial charge in [0.25, 0.3) is 5.56 Å². The number of benzene rings is 1. The Balaban J connectivity index is 2.16. The SMILES string of the molecule is CC(C)c1nc(NCc2ccccc2F)cc(=O)[nH]1. The number of H-pyrrole nitrogens is 1. The summed E-state index contributed by atoms with van der Waals surface area (Å²) in [5, 5.41) is 2.97. The van der Waals surface area contributed by atoms with Crippen molar-refractivity contribution in [2.45, 2.75) is 26.3 Å². The minimum absolute atomic E-state index is 0.128. The van der Waals surface area contributed by atoms with Crippen molar-refractivity contribution in [3.63, 3.8) is 0 Å². The summed E-state index contributed by atoms with van der Waals surface area (Å²) in [6, 6.07) is 7.87. The van der Waals surface area contributed by atoms with Crippen LogP contribution in [-0.2, 0) is 6.54 Å². The molecule has 100 valence electrons. The summed E-state index contributed by atoms with van der Waals surface area (Å²) in [4.78, 5) is 18.4. The Hall–Kier alpha value is -2.17.